The number of halogens is 11. The quantitative estimate of drug-likeness (QED) is 0.130. The lowest BCUT2D eigenvalue weighted by Crippen LogP contribution is -2.14. The first kappa shape index (κ1) is 45.1. The number of methoxy groups -OCH3 is 1. The van der Waals surface area contributed by atoms with Crippen LogP contribution in [-0.4, -0.2) is 36.2 Å². The first-order valence-corrected chi connectivity index (χ1v) is 18.3. The average Bonchev–Trinajstić information content (AvgIpc) is 3.25. The van der Waals surface area contributed by atoms with Crippen LogP contribution in [0.3, 0.4) is 0 Å². The molecule has 22 heteroatoms. The summed E-state index contributed by atoms with van der Waals surface area (Å²) in [6.45, 7) is -0.314. The Bertz CT molecular complexity index is 3210. The summed E-state index contributed by atoms with van der Waals surface area (Å²) in [5.41, 5.74) is -3.43. The van der Waals surface area contributed by atoms with E-state index in [1.54, 1.807) is 0 Å². The number of rotatable bonds is 9. The van der Waals surface area contributed by atoms with Gasteiger partial charge in [-0.25, -0.2) is 31.9 Å². The highest BCUT2D eigenvalue weighted by molar-refractivity contribution is 5.83. The molecular formula is C43H25F11N6O5. The Morgan fingerprint density at radius 3 is 1.42 bits per heavy atom. The van der Waals surface area contributed by atoms with Crippen molar-refractivity contribution in [3.63, 3.8) is 0 Å². The largest absolute Gasteiger partial charge is 0.493 e. The predicted molar refractivity (Wildman–Crippen MR) is 208 cm³/mol. The number of fused-ring (bicyclic) bond motifs is 2. The Morgan fingerprint density at radius 1 is 0.523 bits per heavy atom. The van der Waals surface area contributed by atoms with E-state index in [0.29, 0.717) is 12.1 Å². The minimum atomic E-state index is -4.80. The van der Waals surface area contributed by atoms with E-state index in [1.165, 1.54) is 46.8 Å². The zero-order valence-electron chi connectivity index (χ0n) is 32.7. The van der Waals surface area contributed by atoms with Gasteiger partial charge in [-0.05, 0) is 48.5 Å². The van der Waals surface area contributed by atoms with Crippen molar-refractivity contribution in [3.8, 4) is 29.0 Å². The van der Waals surface area contributed by atoms with E-state index in [0.717, 1.165) is 67.3 Å². The molecule has 0 bridgehead atoms. The zero-order valence-corrected chi connectivity index (χ0v) is 32.7. The van der Waals surface area contributed by atoms with Crippen molar-refractivity contribution in [1.29, 1.82) is 0 Å². The maximum absolute atomic E-state index is 14.7. The van der Waals surface area contributed by atoms with E-state index in [1.807, 2.05) is 0 Å². The number of alkyl halides is 6. The van der Waals surface area contributed by atoms with Crippen LogP contribution in [0, 0.1) is 29.1 Å². The summed E-state index contributed by atoms with van der Waals surface area (Å²) in [4.78, 5) is 39.1. The molecule has 0 saturated heterocycles. The van der Waals surface area contributed by atoms with Gasteiger partial charge in [0.25, 0.3) is 11.1 Å². The van der Waals surface area contributed by atoms with E-state index >= 15 is 0 Å². The second-order valence-corrected chi connectivity index (χ2v) is 13.6. The van der Waals surface area contributed by atoms with Gasteiger partial charge in [-0.15, -0.1) is 0 Å². The Morgan fingerprint density at radius 2 is 0.969 bits per heavy atom. The fourth-order valence-electron chi connectivity index (χ4n) is 6.24. The van der Waals surface area contributed by atoms with Gasteiger partial charge in [0.2, 0.25) is 11.8 Å². The molecule has 0 N–H and O–H groups in total. The first-order chi connectivity index (χ1) is 30.8. The van der Waals surface area contributed by atoms with E-state index in [-0.39, 0.29) is 57.5 Å². The third-order valence-corrected chi connectivity index (χ3v) is 9.32. The fourth-order valence-corrected chi connectivity index (χ4v) is 6.24. The highest BCUT2D eigenvalue weighted by Gasteiger charge is 2.36. The van der Waals surface area contributed by atoms with Crippen molar-refractivity contribution in [2.24, 2.45) is 0 Å². The molecule has 8 aromatic rings. The van der Waals surface area contributed by atoms with E-state index < -0.39 is 81.2 Å². The van der Waals surface area contributed by atoms with Gasteiger partial charge in [-0.3, -0.25) is 9.59 Å². The van der Waals surface area contributed by atoms with Crippen LogP contribution in [0.15, 0.2) is 120 Å². The number of hydrogen-bond donors (Lipinski definition) is 0. The Balaban J connectivity index is 0.000000194. The molecule has 4 heterocycles. The predicted octanol–water partition coefficient (Wildman–Crippen LogP) is 10.0. The molecular weight excluding hydrogens is 889 g/mol. The SMILES string of the molecule is COc1cc2c(cc1Oc1ncccc1C(F)(F)F)c(=O)ncn2Cc1ccc(F)cc1F.O=c1ncn(Cc2ccc(F)cc2F)c2cc(F)c(Oc3ncccc3C(F)(F)F)cc12. The lowest BCUT2D eigenvalue weighted by atomic mass is 10.1. The summed E-state index contributed by atoms with van der Waals surface area (Å²) in [5.74, 6) is -6.74. The molecule has 0 radical (unpaired) electrons. The number of hydrogen-bond acceptors (Lipinski definition) is 9. The van der Waals surface area contributed by atoms with Crippen molar-refractivity contribution in [3.05, 3.63) is 182 Å². The van der Waals surface area contributed by atoms with E-state index in [2.05, 4.69) is 19.9 Å². The van der Waals surface area contributed by atoms with Crippen LogP contribution in [0.2, 0.25) is 0 Å². The van der Waals surface area contributed by atoms with Gasteiger partial charge in [0.05, 0.1) is 54.7 Å². The summed E-state index contributed by atoms with van der Waals surface area (Å²) >= 11 is 0. The Labute approximate surface area is 356 Å². The lowest BCUT2D eigenvalue weighted by Gasteiger charge is -2.16. The minimum Gasteiger partial charge on any atom is -0.493 e. The molecule has 11 nitrogen and oxygen atoms in total. The number of benzene rings is 4. The molecule has 0 amide bonds. The monoisotopic (exact) mass is 914 g/mol. The second-order valence-electron chi connectivity index (χ2n) is 13.6. The standard InChI is InChI=1S/C22H14F5N3O3.C21H11F6N3O2/c1-32-18-9-17-14(8-19(18)33-21-15(22(25,26)27)3-2-6-28-21)20(31)29-11-30(17)10-12-4-5-13(23)7-16(12)24;22-12-4-3-11(15(23)6-12)9-30-10-29-19(31)13-7-18(16(24)8-17(13)30)32-20-14(21(25,26)27)2-1-5-28-20/h2-9,11H,10H2,1H3;1-8,10H,9H2. The summed E-state index contributed by atoms with van der Waals surface area (Å²) in [7, 11) is 1.26. The Hall–Kier alpha value is -7.91. The van der Waals surface area contributed by atoms with Crippen LogP contribution in [-0.2, 0) is 25.4 Å². The molecule has 0 spiro atoms. The topological polar surface area (TPSA) is 123 Å². The molecule has 0 atom stereocenters. The molecule has 0 aliphatic carbocycles. The van der Waals surface area contributed by atoms with Crippen molar-refractivity contribution < 1.29 is 62.5 Å². The zero-order chi connectivity index (χ0) is 46.8. The molecule has 0 fully saturated rings. The van der Waals surface area contributed by atoms with Crippen LogP contribution < -0.4 is 25.3 Å². The molecule has 8 rings (SSSR count). The van der Waals surface area contributed by atoms with Crippen LogP contribution >= 0.6 is 0 Å². The molecule has 0 saturated carbocycles. The summed E-state index contributed by atoms with van der Waals surface area (Å²) in [6.07, 6.45) is -5.13. The van der Waals surface area contributed by atoms with Crippen LogP contribution in [0.1, 0.15) is 22.3 Å². The molecule has 4 aromatic heterocycles. The second kappa shape index (κ2) is 18.1. The van der Waals surface area contributed by atoms with Gasteiger partial charge in [0.15, 0.2) is 23.1 Å². The Kier molecular flexibility index (Phi) is 12.5. The molecule has 334 valence electrons. The average molecular weight is 915 g/mol. The maximum atomic E-state index is 14.7. The van der Waals surface area contributed by atoms with Crippen molar-refractivity contribution in [1.82, 2.24) is 29.1 Å². The molecule has 0 unspecified atom stereocenters. The molecule has 4 aromatic carbocycles. The van der Waals surface area contributed by atoms with Gasteiger partial charge in [0.1, 0.15) is 34.4 Å². The van der Waals surface area contributed by atoms with Gasteiger partial charge in [0, 0.05) is 47.8 Å². The summed E-state index contributed by atoms with van der Waals surface area (Å²) in [5, 5.41) is -0.198. The van der Waals surface area contributed by atoms with Crippen molar-refractivity contribution in [2.75, 3.05) is 7.11 Å². The molecule has 65 heavy (non-hydrogen) atoms. The highest BCUT2D eigenvalue weighted by atomic mass is 19.4. The number of pyridine rings is 2. The number of aromatic nitrogens is 6. The number of nitrogens with zero attached hydrogens (tertiary/aromatic N) is 6. The highest BCUT2D eigenvalue weighted by Crippen LogP contribution is 2.41. The van der Waals surface area contributed by atoms with Gasteiger partial charge >= 0.3 is 12.4 Å². The molecule has 0 aliphatic rings. The normalized spacial score (nSPS) is 11.6. The van der Waals surface area contributed by atoms with Gasteiger partial charge in [-0.2, -0.15) is 36.3 Å². The third kappa shape index (κ3) is 10.0. The third-order valence-electron chi connectivity index (χ3n) is 9.32. The van der Waals surface area contributed by atoms with Gasteiger partial charge in [-0.1, -0.05) is 12.1 Å². The minimum absolute atomic E-state index is 0.000190. The lowest BCUT2D eigenvalue weighted by molar-refractivity contribution is -0.139. The number of ether oxygens (including phenoxy) is 3. The van der Waals surface area contributed by atoms with Gasteiger partial charge < -0.3 is 23.3 Å². The first-order valence-electron chi connectivity index (χ1n) is 18.3. The smallest absolute Gasteiger partial charge is 0.421 e. The van der Waals surface area contributed by atoms with Crippen molar-refractivity contribution >= 4 is 21.8 Å². The van der Waals surface area contributed by atoms with Crippen LogP contribution in [0.5, 0.6) is 29.0 Å². The molecule has 0 aliphatic heterocycles. The summed E-state index contributed by atoms with van der Waals surface area (Å²) < 4.78 is 167. The van der Waals surface area contributed by atoms with Crippen molar-refractivity contribution in [2.45, 2.75) is 25.4 Å². The van der Waals surface area contributed by atoms with Crippen LogP contribution in [0.25, 0.3) is 21.8 Å². The fraction of sp³-hybridized carbons (Fsp3) is 0.116. The van der Waals surface area contributed by atoms with E-state index in [4.69, 9.17) is 14.2 Å². The van der Waals surface area contributed by atoms with Crippen LogP contribution in [0.4, 0.5) is 48.3 Å². The maximum Gasteiger partial charge on any atom is 0.421 e. The summed E-state index contributed by atoms with van der Waals surface area (Å²) in [6, 6.07) is 13.9. The van der Waals surface area contributed by atoms with E-state index in [9.17, 15) is 57.9 Å².